The lowest BCUT2D eigenvalue weighted by molar-refractivity contribution is -0.134. The van der Waals surface area contributed by atoms with Gasteiger partial charge in [-0.15, -0.1) is 11.6 Å². The van der Waals surface area contributed by atoms with Crippen LogP contribution in [0.2, 0.25) is 0 Å². The lowest BCUT2D eigenvalue weighted by Crippen LogP contribution is -2.41. The van der Waals surface area contributed by atoms with Crippen molar-refractivity contribution in [3.05, 3.63) is 35.9 Å². The van der Waals surface area contributed by atoms with E-state index < -0.39 is 0 Å². The van der Waals surface area contributed by atoms with Crippen LogP contribution < -0.4 is 0 Å². The zero-order valence-corrected chi connectivity index (χ0v) is 13.1. The van der Waals surface area contributed by atoms with Crippen molar-refractivity contribution in [1.29, 1.82) is 0 Å². The Morgan fingerprint density at radius 3 is 2.70 bits per heavy atom. The van der Waals surface area contributed by atoms with Crippen LogP contribution in [0.1, 0.15) is 44.6 Å². The van der Waals surface area contributed by atoms with Gasteiger partial charge in [0.05, 0.1) is 5.92 Å². The van der Waals surface area contributed by atoms with Gasteiger partial charge in [0.2, 0.25) is 5.91 Å². The first-order valence-electron chi connectivity index (χ1n) is 7.60. The van der Waals surface area contributed by atoms with Gasteiger partial charge in [0.15, 0.2) is 0 Å². The average molecular weight is 294 g/mol. The third-order valence-corrected chi connectivity index (χ3v) is 4.83. The minimum Gasteiger partial charge on any atom is -0.338 e. The lowest BCUT2D eigenvalue weighted by atomic mass is 9.84. The first-order valence-corrected chi connectivity index (χ1v) is 8.13. The molecule has 1 amide bonds. The van der Waals surface area contributed by atoms with Crippen LogP contribution in [0.4, 0.5) is 0 Å². The Morgan fingerprint density at radius 1 is 1.40 bits per heavy atom. The zero-order chi connectivity index (χ0) is 14.5. The van der Waals surface area contributed by atoms with Gasteiger partial charge < -0.3 is 4.90 Å². The fraction of sp³-hybridized carbons (Fsp3) is 0.588. The summed E-state index contributed by atoms with van der Waals surface area (Å²) in [5.74, 6) is 1.12. The highest BCUT2D eigenvalue weighted by atomic mass is 35.5. The van der Waals surface area contributed by atoms with Gasteiger partial charge in [-0.1, -0.05) is 50.6 Å². The molecule has 0 radical (unpaired) electrons. The first-order chi connectivity index (χ1) is 9.69. The Hall–Kier alpha value is -1.02. The predicted octanol–water partition coefficient (Wildman–Crippen LogP) is 4.05. The Kier molecular flexibility index (Phi) is 5.47. The van der Waals surface area contributed by atoms with E-state index in [9.17, 15) is 4.79 Å². The van der Waals surface area contributed by atoms with Gasteiger partial charge in [-0.05, 0) is 24.3 Å². The second-order valence-corrected chi connectivity index (χ2v) is 6.06. The van der Waals surface area contributed by atoms with Crippen LogP contribution in [-0.4, -0.2) is 29.3 Å². The standard InChI is InChI=1S/C17H24ClNO/c1-3-13(2)16(14-8-5-4-6-9-14)17(20)19-11-7-10-15(19)12-18/h4-6,8-9,13,15-16H,3,7,10-12H2,1-2H3. The number of nitrogens with zero attached hydrogens (tertiary/aromatic N) is 1. The highest BCUT2D eigenvalue weighted by Crippen LogP contribution is 2.32. The molecular weight excluding hydrogens is 270 g/mol. The van der Waals surface area contributed by atoms with E-state index in [1.807, 2.05) is 23.1 Å². The summed E-state index contributed by atoms with van der Waals surface area (Å²) in [5.41, 5.74) is 1.13. The maximum Gasteiger partial charge on any atom is 0.230 e. The van der Waals surface area contributed by atoms with Gasteiger partial charge >= 0.3 is 0 Å². The number of alkyl halides is 1. The SMILES string of the molecule is CCC(C)C(C(=O)N1CCCC1CCl)c1ccccc1. The highest BCUT2D eigenvalue weighted by molar-refractivity contribution is 6.18. The van der Waals surface area contributed by atoms with Crippen molar-refractivity contribution in [2.45, 2.75) is 45.1 Å². The smallest absolute Gasteiger partial charge is 0.230 e. The van der Waals surface area contributed by atoms with Crippen molar-refractivity contribution in [3.63, 3.8) is 0 Å². The number of carbonyl (C=O) groups excluding carboxylic acids is 1. The molecule has 3 heteroatoms. The molecule has 0 spiro atoms. The van der Waals surface area contributed by atoms with Crippen molar-refractivity contribution in [2.75, 3.05) is 12.4 Å². The highest BCUT2D eigenvalue weighted by Gasteiger charge is 2.35. The summed E-state index contributed by atoms with van der Waals surface area (Å²) in [4.78, 5) is 15.0. The molecule has 110 valence electrons. The molecule has 0 aliphatic carbocycles. The second-order valence-electron chi connectivity index (χ2n) is 5.76. The molecule has 1 aromatic carbocycles. The van der Waals surface area contributed by atoms with Crippen molar-refractivity contribution in [2.24, 2.45) is 5.92 Å². The number of benzene rings is 1. The maximum atomic E-state index is 13.0. The summed E-state index contributed by atoms with van der Waals surface area (Å²) >= 11 is 6.02. The molecule has 2 nitrogen and oxygen atoms in total. The monoisotopic (exact) mass is 293 g/mol. The first kappa shape index (κ1) is 15.4. The Balaban J connectivity index is 2.25. The molecule has 1 heterocycles. The number of carbonyl (C=O) groups is 1. The van der Waals surface area contributed by atoms with E-state index in [1.165, 1.54) is 0 Å². The molecule has 0 bridgehead atoms. The van der Waals surface area contributed by atoms with Gasteiger partial charge in [0, 0.05) is 18.5 Å². The van der Waals surface area contributed by atoms with Gasteiger partial charge in [0.25, 0.3) is 0 Å². The number of hydrogen-bond donors (Lipinski definition) is 0. The van der Waals surface area contributed by atoms with E-state index in [0.29, 0.717) is 11.8 Å². The molecule has 1 aliphatic heterocycles. The van der Waals surface area contributed by atoms with E-state index >= 15 is 0 Å². The van der Waals surface area contributed by atoms with Crippen LogP contribution >= 0.6 is 11.6 Å². The number of hydrogen-bond acceptors (Lipinski definition) is 1. The quantitative estimate of drug-likeness (QED) is 0.750. The topological polar surface area (TPSA) is 20.3 Å². The van der Waals surface area contributed by atoms with Gasteiger partial charge in [-0.3, -0.25) is 4.79 Å². The summed E-state index contributed by atoms with van der Waals surface area (Å²) in [6, 6.07) is 10.4. The van der Waals surface area contributed by atoms with Crippen molar-refractivity contribution < 1.29 is 4.79 Å². The molecule has 1 aromatic rings. The summed E-state index contributed by atoms with van der Waals surface area (Å²) in [5, 5.41) is 0. The largest absolute Gasteiger partial charge is 0.338 e. The number of likely N-dealkylation sites (tertiary alicyclic amines) is 1. The fourth-order valence-corrected chi connectivity index (χ4v) is 3.40. The Labute approximate surface area is 127 Å². The molecule has 0 saturated carbocycles. The minimum absolute atomic E-state index is 0.0370. The van der Waals surface area contributed by atoms with E-state index in [-0.39, 0.29) is 17.9 Å². The number of rotatable bonds is 5. The normalized spacial score (nSPS) is 21.8. The third kappa shape index (κ3) is 3.17. The molecular formula is C17H24ClNO. The maximum absolute atomic E-state index is 13.0. The van der Waals surface area contributed by atoms with Crippen molar-refractivity contribution >= 4 is 17.5 Å². The molecule has 1 fully saturated rings. The summed E-state index contributed by atoms with van der Waals surface area (Å²) in [6.45, 7) is 5.17. The average Bonchev–Trinajstić information content (AvgIpc) is 2.96. The lowest BCUT2D eigenvalue weighted by Gasteiger charge is -2.31. The molecule has 0 aromatic heterocycles. The third-order valence-electron chi connectivity index (χ3n) is 4.48. The van der Waals surface area contributed by atoms with Crippen LogP contribution in [0.15, 0.2) is 30.3 Å². The molecule has 3 atom stereocenters. The molecule has 1 saturated heterocycles. The Bertz CT molecular complexity index is 434. The molecule has 0 N–H and O–H groups in total. The molecule has 1 aliphatic rings. The van der Waals surface area contributed by atoms with E-state index in [2.05, 4.69) is 26.0 Å². The van der Waals surface area contributed by atoms with Crippen molar-refractivity contribution in [3.8, 4) is 0 Å². The fourth-order valence-electron chi connectivity index (χ4n) is 3.08. The number of amides is 1. The predicted molar refractivity (Wildman–Crippen MR) is 84.1 cm³/mol. The van der Waals surface area contributed by atoms with Gasteiger partial charge in [0.1, 0.15) is 0 Å². The zero-order valence-electron chi connectivity index (χ0n) is 12.4. The summed E-state index contributed by atoms with van der Waals surface area (Å²) < 4.78 is 0. The van der Waals surface area contributed by atoms with Crippen LogP contribution in [0.5, 0.6) is 0 Å². The Morgan fingerprint density at radius 2 is 2.10 bits per heavy atom. The molecule has 3 unspecified atom stereocenters. The molecule has 2 rings (SSSR count). The van der Waals surface area contributed by atoms with Crippen LogP contribution in [0.3, 0.4) is 0 Å². The van der Waals surface area contributed by atoms with Crippen LogP contribution in [0.25, 0.3) is 0 Å². The van der Waals surface area contributed by atoms with Gasteiger partial charge in [-0.25, -0.2) is 0 Å². The summed E-state index contributed by atoms with van der Waals surface area (Å²) in [6.07, 6.45) is 3.12. The number of halogens is 1. The van der Waals surface area contributed by atoms with E-state index in [0.717, 1.165) is 31.4 Å². The summed E-state index contributed by atoms with van der Waals surface area (Å²) in [7, 11) is 0. The van der Waals surface area contributed by atoms with Gasteiger partial charge in [-0.2, -0.15) is 0 Å². The van der Waals surface area contributed by atoms with E-state index in [4.69, 9.17) is 11.6 Å². The van der Waals surface area contributed by atoms with Crippen LogP contribution in [0, 0.1) is 5.92 Å². The minimum atomic E-state index is -0.0370. The molecule has 20 heavy (non-hydrogen) atoms. The van der Waals surface area contributed by atoms with Crippen LogP contribution in [-0.2, 0) is 4.79 Å². The van der Waals surface area contributed by atoms with E-state index in [1.54, 1.807) is 0 Å². The van der Waals surface area contributed by atoms with Crippen molar-refractivity contribution in [1.82, 2.24) is 4.90 Å². The second kappa shape index (κ2) is 7.12.